The molecule has 0 spiro atoms. The lowest BCUT2D eigenvalue weighted by Gasteiger charge is -2.06. The molecule has 0 unspecified atom stereocenters. The van der Waals surface area contributed by atoms with Crippen LogP contribution in [0.4, 0.5) is 5.69 Å². The van der Waals surface area contributed by atoms with Crippen LogP contribution in [0.2, 0.25) is 0 Å². The van der Waals surface area contributed by atoms with Gasteiger partial charge >= 0.3 is 0 Å². The van der Waals surface area contributed by atoms with Gasteiger partial charge in [-0.15, -0.1) is 23.5 Å². The van der Waals surface area contributed by atoms with Gasteiger partial charge in [-0.2, -0.15) is 5.26 Å². The van der Waals surface area contributed by atoms with E-state index in [1.54, 1.807) is 47.8 Å². The predicted octanol–water partition coefficient (Wildman–Crippen LogP) is 4.15. The minimum atomic E-state index is -0.0320. The monoisotopic (exact) mass is 328 g/mol. The van der Waals surface area contributed by atoms with E-state index in [-0.39, 0.29) is 5.91 Å². The summed E-state index contributed by atoms with van der Waals surface area (Å²) in [5.41, 5.74) is 2.52. The van der Waals surface area contributed by atoms with Gasteiger partial charge in [0.05, 0.1) is 17.4 Å². The molecule has 0 saturated heterocycles. The number of thioether (sulfide) groups is 2. The van der Waals surface area contributed by atoms with Crippen molar-refractivity contribution in [1.82, 2.24) is 0 Å². The van der Waals surface area contributed by atoms with Crippen LogP contribution in [0, 0.1) is 11.3 Å². The Hall–Kier alpha value is -1.90. The Kier molecular flexibility index (Phi) is 6.38. The lowest BCUT2D eigenvalue weighted by Crippen LogP contribution is -2.14. The van der Waals surface area contributed by atoms with Crippen LogP contribution in [0.3, 0.4) is 0 Å². The third-order valence-electron chi connectivity index (χ3n) is 2.96. The Morgan fingerprint density at radius 1 is 1.14 bits per heavy atom. The van der Waals surface area contributed by atoms with Crippen LogP contribution in [0.5, 0.6) is 0 Å². The van der Waals surface area contributed by atoms with Crippen LogP contribution in [-0.2, 0) is 10.5 Å². The number of hydrogen-bond donors (Lipinski definition) is 1. The average molecular weight is 328 g/mol. The molecular weight excluding hydrogens is 312 g/mol. The number of nitrogens with one attached hydrogen (secondary N) is 1. The van der Waals surface area contributed by atoms with E-state index in [9.17, 15) is 4.79 Å². The Morgan fingerprint density at radius 2 is 1.82 bits per heavy atom. The van der Waals surface area contributed by atoms with Gasteiger partial charge in [-0.25, -0.2) is 0 Å². The first kappa shape index (κ1) is 16.5. The summed E-state index contributed by atoms with van der Waals surface area (Å²) in [5.74, 6) is 1.19. The van der Waals surface area contributed by atoms with Crippen LogP contribution in [-0.4, -0.2) is 17.9 Å². The largest absolute Gasteiger partial charge is 0.325 e. The molecule has 22 heavy (non-hydrogen) atoms. The van der Waals surface area contributed by atoms with Gasteiger partial charge in [-0.05, 0) is 48.2 Å². The Bertz CT molecular complexity index is 661. The number of carbonyl (C=O) groups is 1. The van der Waals surface area contributed by atoms with Crippen molar-refractivity contribution < 1.29 is 4.79 Å². The third kappa shape index (κ3) is 5.14. The molecule has 0 aliphatic carbocycles. The smallest absolute Gasteiger partial charge is 0.234 e. The Labute approximate surface area is 139 Å². The van der Waals surface area contributed by atoms with E-state index in [1.807, 2.05) is 6.07 Å². The highest BCUT2D eigenvalue weighted by Crippen LogP contribution is 2.18. The summed E-state index contributed by atoms with van der Waals surface area (Å²) in [5, 5.41) is 11.6. The summed E-state index contributed by atoms with van der Waals surface area (Å²) < 4.78 is 0. The van der Waals surface area contributed by atoms with Crippen molar-refractivity contribution in [3.63, 3.8) is 0 Å². The van der Waals surface area contributed by atoms with Crippen molar-refractivity contribution in [3.8, 4) is 6.07 Å². The molecule has 0 saturated carbocycles. The maximum atomic E-state index is 11.9. The predicted molar refractivity (Wildman–Crippen MR) is 94.2 cm³/mol. The zero-order valence-corrected chi connectivity index (χ0v) is 13.8. The van der Waals surface area contributed by atoms with Gasteiger partial charge in [0, 0.05) is 16.3 Å². The molecule has 0 atom stereocenters. The summed E-state index contributed by atoms with van der Waals surface area (Å²) >= 11 is 3.30. The van der Waals surface area contributed by atoms with Gasteiger partial charge in [-0.3, -0.25) is 4.79 Å². The Balaban J connectivity index is 1.76. The molecule has 5 heteroatoms. The van der Waals surface area contributed by atoms with E-state index in [2.05, 4.69) is 35.8 Å². The molecule has 0 radical (unpaired) electrons. The summed E-state index contributed by atoms with van der Waals surface area (Å²) in [4.78, 5) is 13.1. The van der Waals surface area contributed by atoms with Crippen LogP contribution >= 0.6 is 23.5 Å². The maximum Gasteiger partial charge on any atom is 0.234 e. The van der Waals surface area contributed by atoms with Crippen molar-refractivity contribution in [1.29, 1.82) is 5.26 Å². The lowest BCUT2D eigenvalue weighted by atomic mass is 10.2. The van der Waals surface area contributed by atoms with Gasteiger partial charge in [0.25, 0.3) is 0 Å². The zero-order valence-electron chi connectivity index (χ0n) is 12.2. The SMILES string of the molecule is CSc1ccc(CSCC(=O)Nc2ccc(C#N)cc2)cc1. The number of rotatable bonds is 6. The normalized spacial score (nSPS) is 10.0. The molecule has 1 amide bonds. The van der Waals surface area contributed by atoms with Crippen LogP contribution < -0.4 is 5.32 Å². The van der Waals surface area contributed by atoms with Gasteiger partial charge < -0.3 is 5.32 Å². The second kappa shape index (κ2) is 8.52. The van der Waals surface area contributed by atoms with E-state index < -0.39 is 0 Å². The number of amides is 1. The van der Waals surface area contributed by atoms with Gasteiger partial charge in [0.2, 0.25) is 5.91 Å². The molecule has 0 heterocycles. The van der Waals surface area contributed by atoms with Crippen molar-refractivity contribution in [2.24, 2.45) is 0 Å². The second-order valence-electron chi connectivity index (χ2n) is 4.58. The van der Waals surface area contributed by atoms with E-state index in [1.165, 1.54) is 10.5 Å². The molecule has 2 aromatic rings. The van der Waals surface area contributed by atoms with Crippen molar-refractivity contribution in [3.05, 3.63) is 59.7 Å². The fourth-order valence-electron chi connectivity index (χ4n) is 1.81. The fourth-order valence-corrected chi connectivity index (χ4v) is 3.00. The third-order valence-corrected chi connectivity index (χ3v) is 4.71. The number of carbonyl (C=O) groups excluding carboxylic acids is 1. The minimum Gasteiger partial charge on any atom is -0.325 e. The molecule has 3 nitrogen and oxygen atoms in total. The number of hydrogen-bond acceptors (Lipinski definition) is 4. The highest BCUT2D eigenvalue weighted by molar-refractivity contribution is 7.99. The molecule has 0 fully saturated rings. The van der Waals surface area contributed by atoms with E-state index in [0.717, 1.165) is 5.75 Å². The topological polar surface area (TPSA) is 52.9 Å². The summed E-state index contributed by atoms with van der Waals surface area (Å²) in [7, 11) is 0. The molecule has 2 aromatic carbocycles. The summed E-state index contributed by atoms with van der Waals surface area (Å²) in [6.45, 7) is 0. The van der Waals surface area contributed by atoms with Gasteiger partial charge in [0.15, 0.2) is 0 Å². The highest BCUT2D eigenvalue weighted by Gasteiger charge is 2.03. The number of nitriles is 1. The van der Waals surface area contributed by atoms with Crippen LogP contribution in [0.15, 0.2) is 53.4 Å². The maximum absolute atomic E-state index is 11.9. The molecule has 0 aliphatic rings. The molecular formula is C17H16N2OS2. The minimum absolute atomic E-state index is 0.0320. The van der Waals surface area contributed by atoms with E-state index in [0.29, 0.717) is 17.0 Å². The number of nitrogens with zero attached hydrogens (tertiary/aromatic N) is 1. The standard InChI is InChI=1S/C17H16N2OS2/c1-21-16-8-4-14(5-9-16)11-22-12-17(20)19-15-6-2-13(10-18)3-7-15/h2-9H,11-12H2,1H3,(H,19,20). The first-order valence-electron chi connectivity index (χ1n) is 6.72. The van der Waals surface area contributed by atoms with Crippen molar-refractivity contribution in [2.45, 2.75) is 10.6 Å². The lowest BCUT2D eigenvalue weighted by molar-refractivity contribution is -0.113. The first-order chi connectivity index (χ1) is 10.7. The highest BCUT2D eigenvalue weighted by atomic mass is 32.2. The zero-order chi connectivity index (χ0) is 15.8. The van der Waals surface area contributed by atoms with Crippen molar-refractivity contribution >= 4 is 35.1 Å². The average Bonchev–Trinajstić information content (AvgIpc) is 2.56. The van der Waals surface area contributed by atoms with Crippen LogP contribution in [0.1, 0.15) is 11.1 Å². The molecule has 112 valence electrons. The Morgan fingerprint density at radius 3 is 2.41 bits per heavy atom. The second-order valence-corrected chi connectivity index (χ2v) is 6.44. The first-order valence-corrected chi connectivity index (χ1v) is 9.10. The molecule has 2 rings (SSSR count). The fraction of sp³-hybridized carbons (Fsp3) is 0.176. The van der Waals surface area contributed by atoms with Gasteiger partial charge in [-0.1, -0.05) is 12.1 Å². The van der Waals surface area contributed by atoms with Crippen LogP contribution in [0.25, 0.3) is 0 Å². The molecule has 0 aliphatic heterocycles. The summed E-state index contributed by atoms with van der Waals surface area (Å²) in [6.07, 6.45) is 2.05. The molecule has 0 bridgehead atoms. The van der Waals surface area contributed by atoms with E-state index in [4.69, 9.17) is 5.26 Å². The molecule has 1 N–H and O–H groups in total. The van der Waals surface area contributed by atoms with Crippen molar-refractivity contribution in [2.75, 3.05) is 17.3 Å². The quantitative estimate of drug-likeness (QED) is 0.809. The number of anilines is 1. The molecule has 0 aromatic heterocycles. The summed E-state index contributed by atoms with van der Waals surface area (Å²) in [6, 6.07) is 17.3. The number of benzene rings is 2. The van der Waals surface area contributed by atoms with Gasteiger partial charge in [0.1, 0.15) is 0 Å². The van der Waals surface area contributed by atoms with E-state index >= 15 is 0 Å².